The van der Waals surface area contributed by atoms with E-state index in [1.807, 2.05) is 0 Å². The molecule has 37 heavy (non-hydrogen) atoms. The molecule has 3 aromatic carbocycles. The summed E-state index contributed by atoms with van der Waals surface area (Å²) in [4.78, 5) is 25.2. The Balaban J connectivity index is 1.58. The lowest BCUT2D eigenvalue weighted by atomic mass is 10.0. The molecule has 0 saturated carbocycles. The lowest BCUT2D eigenvalue weighted by Crippen LogP contribution is -2.25. The number of benzene rings is 3. The first-order valence-corrected chi connectivity index (χ1v) is 12.0. The molecule has 0 radical (unpaired) electrons. The summed E-state index contributed by atoms with van der Waals surface area (Å²) in [7, 11) is 3.12. The number of aromatic hydroxyl groups is 2. The van der Waals surface area contributed by atoms with E-state index in [-0.39, 0.29) is 23.3 Å². The number of methoxy groups -OCH3 is 2. The van der Waals surface area contributed by atoms with Gasteiger partial charge in [0.1, 0.15) is 23.0 Å². The number of ether oxygens (including phenoxy) is 2. The molecule has 0 atom stereocenters. The molecule has 0 fully saturated rings. The highest BCUT2D eigenvalue weighted by atomic mass is 16.5. The minimum Gasteiger partial charge on any atom is -0.508 e. The molecular formula is C29H32N2O6. The van der Waals surface area contributed by atoms with Gasteiger partial charge in [-0.05, 0) is 66.4 Å². The number of phenolic OH excluding ortho intramolecular Hbond substituents is 2. The van der Waals surface area contributed by atoms with Crippen LogP contribution in [0.4, 0.5) is 5.69 Å². The number of unbranched alkanes of at least 4 members (excludes halogenated alkanes) is 2. The van der Waals surface area contributed by atoms with E-state index < -0.39 is 0 Å². The SMILES string of the molecule is COc1cc(C=C(C(=O)NCCCCCC(=O)Nc2ccccc2O)c2ccc(O)cc2)cc(OC)c1. The van der Waals surface area contributed by atoms with Gasteiger partial charge in [0, 0.05) is 24.6 Å². The Hall–Kier alpha value is -4.46. The maximum absolute atomic E-state index is 13.1. The van der Waals surface area contributed by atoms with Crippen LogP contribution in [0.5, 0.6) is 23.0 Å². The van der Waals surface area contributed by atoms with Gasteiger partial charge in [0.25, 0.3) is 5.91 Å². The highest BCUT2D eigenvalue weighted by Gasteiger charge is 2.13. The average Bonchev–Trinajstić information content (AvgIpc) is 2.90. The number of hydrogen-bond acceptors (Lipinski definition) is 6. The Morgan fingerprint density at radius 2 is 1.54 bits per heavy atom. The molecule has 0 aliphatic carbocycles. The first kappa shape index (κ1) is 27.1. The molecule has 0 heterocycles. The van der Waals surface area contributed by atoms with Crippen molar-refractivity contribution in [1.82, 2.24) is 5.32 Å². The molecular weight excluding hydrogens is 472 g/mol. The van der Waals surface area contributed by atoms with E-state index in [2.05, 4.69) is 10.6 Å². The quantitative estimate of drug-likeness (QED) is 0.120. The first-order valence-electron chi connectivity index (χ1n) is 12.0. The highest BCUT2D eigenvalue weighted by molar-refractivity contribution is 6.24. The van der Waals surface area contributed by atoms with Crippen molar-refractivity contribution in [3.8, 4) is 23.0 Å². The van der Waals surface area contributed by atoms with Crippen LogP contribution < -0.4 is 20.1 Å². The van der Waals surface area contributed by atoms with Crippen molar-refractivity contribution in [1.29, 1.82) is 0 Å². The summed E-state index contributed by atoms with van der Waals surface area (Å²) in [5, 5.41) is 25.1. The monoisotopic (exact) mass is 504 g/mol. The minimum absolute atomic E-state index is 0.0310. The zero-order chi connectivity index (χ0) is 26.6. The third-order valence-electron chi connectivity index (χ3n) is 5.65. The van der Waals surface area contributed by atoms with Gasteiger partial charge in [0.2, 0.25) is 5.91 Å². The van der Waals surface area contributed by atoms with E-state index in [4.69, 9.17) is 9.47 Å². The van der Waals surface area contributed by atoms with Crippen molar-refractivity contribution >= 4 is 29.2 Å². The summed E-state index contributed by atoms with van der Waals surface area (Å²) in [5.74, 6) is 0.910. The second kappa shape index (κ2) is 13.6. The van der Waals surface area contributed by atoms with E-state index in [1.54, 1.807) is 68.8 Å². The highest BCUT2D eigenvalue weighted by Crippen LogP contribution is 2.27. The molecule has 8 nitrogen and oxygen atoms in total. The fourth-order valence-corrected chi connectivity index (χ4v) is 3.68. The summed E-state index contributed by atoms with van der Waals surface area (Å²) < 4.78 is 10.7. The van der Waals surface area contributed by atoms with Gasteiger partial charge < -0.3 is 30.3 Å². The van der Waals surface area contributed by atoms with Gasteiger partial charge in [0.05, 0.1) is 19.9 Å². The summed E-state index contributed by atoms with van der Waals surface area (Å²) in [6.45, 7) is 0.441. The number of carbonyl (C=O) groups is 2. The van der Waals surface area contributed by atoms with Crippen molar-refractivity contribution in [3.63, 3.8) is 0 Å². The molecule has 8 heteroatoms. The second-order valence-electron chi connectivity index (χ2n) is 8.38. The lowest BCUT2D eigenvalue weighted by molar-refractivity contribution is -0.117. The Morgan fingerprint density at radius 1 is 0.865 bits per heavy atom. The number of rotatable bonds is 12. The number of anilines is 1. The predicted octanol–water partition coefficient (Wildman–Crippen LogP) is 4.97. The van der Waals surface area contributed by atoms with Gasteiger partial charge in [-0.3, -0.25) is 9.59 Å². The lowest BCUT2D eigenvalue weighted by Gasteiger charge is -2.11. The van der Waals surface area contributed by atoms with Gasteiger partial charge in [-0.25, -0.2) is 0 Å². The summed E-state index contributed by atoms with van der Waals surface area (Å²) in [6, 6.07) is 18.4. The summed E-state index contributed by atoms with van der Waals surface area (Å²) >= 11 is 0. The van der Waals surface area contributed by atoms with Crippen LogP contribution in [0.15, 0.2) is 66.7 Å². The number of amides is 2. The van der Waals surface area contributed by atoms with Crippen LogP contribution in [-0.2, 0) is 9.59 Å². The van der Waals surface area contributed by atoms with E-state index in [1.165, 1.54) is 18.2 Å². The Bertz CT molecular complexity index is 1220. The average molecular weight is 505 g/mol. The van der Waals surface area contributed by atoms with E-state index in [9.17, 15) is 19.8 Å². The topological polar surface area (TPSA) is 117 Å². The van der Waals surface area contributed by atoms with Crippen LogP contribution in [0.1, 0.15) is 36.8 Å². The number of hydrogen-bond donors (Lipinski definition) is 4. The van der Waals surface area contributed by atoms with Crippen LogP contribution in [-0.4, -0.2) is 42.8 Å². The summed E-state index contributed by atoms with van der Waals surface area (Å²) in [6.07, 6.45) is 4.17. The van der Waals surface area contributed by atoms with Gasteiger partial charge in [-0.2, -0.15) is 0 Å². The van der Waals surface area contributed by atoms with E-state index >= 15 is 0 Å². The molecule has 0 unspecified atom stereocenters. The molecule has 0 aliphatic rings. The van der Waals surface area contributed by atoms with Crippen molar-refractivity contribution in [3.05, 3.63) is 77.9 Å². The molecule has 3 rings (SSSR count). The fraction of sp³-hybridized carbons (Fsp3) is 0.241. The molecule has 0 aromatic heterocycles. The van der Waals surface area contributed by atoms with Crippen LogP contribution >= 0.6 is 0 Å². The van der Waals surface area contributed by atoms with Gasteiger partial charge >= 0.3 is 0 Å². The number of carbonyl (C=O) groups excluding carboxylic acids is 2. The largest absolute Gasteiger partial charge is 0.508 e. The molecule has 4 N–H and O–H groups in total. The first-order chi connectivity index (χ1) is 17.9. The molecule has 0 saturated heterocycles. The van der Waals surface area contributed by atoms with Crippen LogP contribution in [0.3, 0.4) is 0 Å². The molecule has 3 aromatic rings. The number of phenols is 2. The number of nitrogens with one attached hydrogen (secondary N) is 2. The van der Waals surface area contributed by atoms with Gasteiger partial charge in [-0.15, -0.1) is 0 Å². The molecule has 194 valence electrons. The van der Waals surface area contributed by atoms with E-state index in [0.717, 1.165) is 12.0 Å². The summed E-state index contributed by atoms with van der Waals surface area (Å²) in [5.41, 5.74) is 2.20. The molecule has 0 bridgehead atoms. The Labute approximate surface area is 216 Å². The zero-order valence-corrected chi connectivity index (χ0v) is 21.0. The number of para-hydroxylation sites is 2. The third-order valence-corrected chi connectivity index (χ3v) is 5.65. The maximum Gasteiger partial charge on any atom is 0.251 e. The normalized spacial score (nSPS) is 11.0. The minimum atomic E-state index is -0.259. The fourth-order valence-electron chi connectivity index (χ4n) is 3.68. The van der Waals surface area contributed by atoms with Crippen molar-refractivity contribution in [2.45, 2.75) is 25.7 Å². The molecule has 2 amide bonds. The van der Waals surface area contributed by atoms with Crippen LogP contribution in [0.2, 0.25) is 0 Å². The standard InChI is InChI=1S/C29H32N2O6/c1-36-23-16-20(17-24(19-23)37-2)18-25(21-11-13-22(32)14-12-21)29(35)30-15-7-3-4-10-28(34)31-26-8-5-6-9-27(26)33/h5-6,8-9,11-14,16-19,32-33H,3-4,7,10,15H2,1-2H3,(H,30,35)(H,31,34). The third kappa shape index (κ3) is 8.31. The zero-order valence-electron chi connectivity index (χ0n) is 21.0. The Kier molecular flexibility index (Phi) is 9.96. The smallest absolute Gasteiger partial charge is 0.251 e. The van der Waals surface area contributed by atoms with Crippen LogP contribution in [0.25, 0.3) is 11.6 Å². The molecule has 0 spiro atoms. The van der Waals surface area contributed by atoms with Crippen molar-refractivity contribution in [2.24, 2.45) is 0 Å². The second-order valence-corrected chi connectivity index (χ2v) is 8.38. The van der Waals surface area contributed by atoms with Crippen molar-refractivity contribution in [2.75, 3.05) is 26.1 Å². The molecule has 0 aliphatic heterocycles. The predicted molar refractivity (Wildman–Crippen MR) is 144 cm³/mol. The van der Waals surface area contributed by atoms with Crippen molar-refractivity contribution < 1.29 is 29.3 Å². The van der Waals surface area contributed by atoms with Gasteiger partial charge in [0.15, 0.2) is 0 Å². The van der Waals surface area contributed by atoms with Crippen LogP contribution in [0, 0.1) is 0 Å². The Morgan fingerprint density at radius 3 is 2.19 bits per heavy atom. The van der Waals surface area contributed by atoms with E-state index in [0.29, 0.717) is 54.1 Å². The van der Waals surface area contributed by atoms with Gasteiger partial charge in [-0.1, -0.05) is 30.7 Å². The maximum atomic E-state index is 13.1.